The molecule has 2 saturated heterocycles. The van der Waals surface area contributed by atoms with Crippen LogP contribution in [0.1, 0.15) is 0 Å². The average molecular weight is 390 g/mol. The Morgan fingerprint density at radius 2 is 1.81 bits per heavy atom. The van der Waals surface area contributed by atoms with E-state index in [1.165, 1.54) is 7.11 Å². The van der Waals surface area contributed by atoms with Crippen molar-refractivity contribution in [1.82, 2.24) is 9.55 Å². The second-order valence-corrected chi connectivity index (χ2v) is 6.48. The van der Waals surface area contributed by atoms with Crippen molar-refractivity contribution in [2.45, 2.75) is 48.5 Å². The number of nitrogens with zero attached hydrogens (tertiary/aromatic N) is 1. The van der Waals surface area contributed by atoms with E-state index in [4.69, 9.17) is 14.2 Å². The Labute approximate surface area is 152 Å². The first-order chi connectivity index (χ1) is 12.8. The van der Waals surface area contributed by atoms with Crippen LogP contribution in [0.15, 0.2) is 21.9 Å². The Morgan fingerprint density at radius 3 is 2.33 bits per heavy atom. The second kappa shape index (κ2) is 7.41. The lowest BCUT2D eigenvalue weighted by molar-refractivity contribution is -0.238. The molecule has 0 amide bonds. The number of methoxy groups -OCH3 is 1. The summed E-state index contributed by atoms with van der Waals surface area (Å²) in [4.78, 5) is 26.0. The zero-order valence-corrected chi connectivity index (χ0v) is 14.3. The van der Waals surface area contributed by atoms with Gasteiger partial charge in [-0.25, -0.2) is 4.79 Å². The number of aromatic nitrogens is 2. The highest BCUT2D eigenvalue weighted by Crippen LogP contribution is 2.44. The quantitative estimate of drug-likeness (QED) is 0.286. The average Bonchev–Trinajstić information content (AvgIpc) is 3.09. The topological polar surface area (TPSA) is 184 Å². The molecule has 2 aliphatic rings. The van der Waals surface area contributed by atoms with Crippen LogP contribution in [-0.4, -0.2) is 98.1 Å². The first-order valence-electron chi connectivity index (χ1n) is 8.26. The molecule has 0 aliphatic carbocycles. The number of hydrogen-bond donors (Lipinski definition) is 6. The Balaban J connectivity index is 2.21. The Morgan fingerprint density at radius 1 is 1.15 bits per heavy atom. The molecular formula is C15H22N2O10. The molecule has 1 aromatic rings. The minimum absolute atomic E-state index is 0.630. The van der Waals surface area contributed by atoms with Crippen molar-refractivity contribution in [2.24, 2.45) is 0 Å². The van der Waals surface area contributed by atoms with E-state index in [1.807, 2.05) is 4.98 Å². The number of nitrogens with one attached hydrogen (secondary N) is 1. The van der Waals surface area contributed by atoms with Gasteiger partial charge in [-0.2, -0.15) is 0 Å². The Kier molecular flexibility index (Phi) is 5.52. The predicted molar refractivity (Wildman–Crippen MR) is 85.8 cm³/mol. The number of aromatic amines is 1. The van der Waals surface area contributed by atoms with E-state index in [9.17, 15) is 35.1 Å². The van der Waals surface area contributed by atoms with Gasteiger partial charge in [0.2, 0.25) is 5.72 Å². The van der Waals surface area contributed by atoms with Gasteiger partial charge in [0, 0.05) is 19.4 Å². The molecule has 6 N–H and O–H groups in total. The lowest BCUT2D eigenvalue weighted by atomic mass is 9.92. The van der Waals surface area contributed by atoms with E-state index in [1.54, 1.807) is 0 Å². The van der Waals surface area contributed by atoms with E-state index < -0.39 is 72.9 Å². The molecule has 0 aromatic carbocycles. The highest BCUT2D eigenvalue weighted by Gasteiger charge is 2.66. The summed E-state index contributed by atoms with van der Waals surface area (Å²) in [5.74, 6) is 0. The molecule has 2 fully saturated rings. The van der Waals surface area contributed by atoms with E-state index in [0.29, 0.717) is 0 Å². The second-order valence-electron chi connectivity index (χ2n) is 6.48. The summed E-state index contributed by atoms with van der Waals surface area (Å²) in [6.45, 7) is -1.27. The maximum Gasteiger partial charge on any atom is 0.330 e. The normalized spacial score (nSPS) is 41.9. The molecule has 152 valence electrons. The van der Waals surface area contributed by atoms with Gasteiger partial charge < -0.3 is 39.7 Å². The monoisotopic (exact) mass is 390 g/mol. The van der Waals surface area contributed by atoms with Gasteiger partial charge in [0.25, 0.3) is 5.56 Å². The van der Waals surface area contributed by atoms with E-state index in [-0.39, 0.29) is 0 Å². The molecule has 1 aromatic heterocycles. The molecule has 8 atom stereocenters. The van der Waals surface area contributed by atoms with Crippen molar-refractivity contribution in [3.8, 4) is 0 Å². The molecule has 0 saturated carbocycles. The summed E-state index contributed by atoms with van der Waals surface area (Å²) in [6.07, 6.45) is -8.73. The van der Waals surface area contributed by atoms with Crippen LogP contribution in [0.5, 0.6) is 0 Å². The van der Waals surface area contributed by atoms with Crippen LogP contribution in [0.4, 0.5) is 0 Å². The fraction of sp³-hybridized carbons (Fsp3) is 0.733. The van der Waals surface area contributed by atoms with Crippen molar-refractivity contribution >= 4 is 0 Å². The van der Waals surface area contributed by atoms with E-state index >= 15 is 0 Å². The lowest BCUT2D eigenvalue weighted by Gasteiger charge is -2.40. The highest BCUT2D eigenvalue weighted by molar-refractivity contribution is 5.11. The number of aliphatic hydroxyl groups excluding tert-OH is 5. The summed E-state index contributed by atoms with van der Waals surface area (Å²) in [6, 6.07) is 1.01. The number of rotatable bonds is 5. The standard InChI is InChI=1S/C15H22N2O10/c1-25-12-10(22)7(5-19)27-15(12,17-3-2-8(20)16-14(17)24)13-11(23)9(21)6(4-18)26-13/h2-3,6-7,9-13,18-19,21-23H,4-5H2,1H3,(H,16,20,24)/t6-,7-,9+,10-,11-,12-,13?,15+/m1/s1. The van der Waals surface area contributed by atoms with Gasteiger partial charge in [-0.1, -0.05) is 0 Å². The molecule has 3 heterocycles. The number of H-pyrrole nitrogens is 1. The Bertz CT molecular complexity index is 780. The maximum absolute atomic E-state index is 12.5. The minimum atomic E-state index is -2.05. The molecule has 0 radical (unpaired) electrons. The third-order valence-electron chi connectivity index (χ3n) is 5.02. The number of hydrogen-bond acceptors (Lipinski definition) is 10. The van der Waals surface area contributed by atoms with Gasteiger partial charge in [0.1, 0.15) is 42.7 Å². The largest absolute Gasteiger partial charge is 0.394 e. The maximum atomic E-state index is 12.5. The first kappa shape index (κ1) is 20.1. The summed E-state index contributed by atoms with van der Waals surface area (Å²) < 4.78 is 17.5. The summed E-state index contributed by atoms with van der Waals surface area (Å²) in [5.41, 5.74) is -3.69. The van der Waals surface area contributed by atoms with Crippen molar-refractivity contribution < 1.29 is 39.7 Å². The molecule has 1 unspecified atom stereocenters. The smallest absolute Gasteiger partial charge is 0.330 e. The minimum Gasteiger partial charge on any atom is -0.394 e. The number of aliphatic hydroxyl groups is 5. The van der Waals surface area contributed by atoms with Gasteiger partial charge in [0.05, 0.1) is 13.2 Å². The Hall–Kier alpha value is -1.64. The molecule has 2 aliphatic heterocycles. The molecular weight excluding hydrogens is 368 g/mol. The van der Waals surface area contributed by atoms with Crippen molar-refractivity contribution in [2.75, 3.05) is 20.3 Å². The third-order valence-corrected chi connectivity index (χ3v) is 5.02. The van der Waals surface area contributed by atoms with Crippen LogP contribution in [0, 0.1) is 0 Å². The number of ether oxygens (including phenoxy) is 3. The van der Waals surface area contributed by atoms with Crippen LogP contribution >= 0.6 is 0 Å². The van der Waals surface area contributed by atoms with Crippen LogP contribution in [0.3, 0.4) is 0 Å². The molecule has 27 heavy (non-hydrogen) atoms. The molecule has 3 rings (SSSR count). The van der Waals surface area contributed by atoms with Gasteiger partial charge in [-0.05, 0) is 0 Å². The molecule has 12 heteroatoms. The van der Waals surface area contributed by atoms with E-state index in [0.717, 1.165) is 16.8 Å². The van der Waals surface area contributed by atoms with Crippen molar-refractivity contribution in [3.05, 3.63) is 33.1 Å². The molecule has 12 nitrogen and oxygen atoms in total. The van der Waals surface area contributed by atoms with Gasteiger partial charge in [0.15, 0.2) is 0 Å². The third kappa shape index (κ3) is 2.94. The van der Waals surface area contributed by atoms with Crippen LogP contribution in [0.25, 0.3) is 0 Å². The van der Waals surface area contributed by atoms with Gasteiger partial charge in [-0.3, -0.25) is 14.3 Å². The van der Waals surface area contributed by atoms with Gasteiger partial charge in [-0.15, -0.1) is 0 Å². The van der Waals surface area contributed by atoms with Crippen LogP contribution < -0.4 is 11.2 Å². The highest BCUT2D eigenvalue weighted by atomic mass is 16.6. The van der Waals surface area contributed by atoms with Gasteiger partial charge >= 0.3 is 5.69 Å². The summed E-state index contributed by atoms with van der Waals surface area (Å²) in [7, 11) is 1.21. The lowest BCUT2D eigenvalue weighted by Crippen LogP contribution is -2.62. The molecule has 0 bridgehead atoms. The molecule has 0 spiro atoms. The van der Waals surface area contributed by atoms with Crippen molar-refractivity contribution in [1.29, 1.82) is 0 Å². The summed E-state index contributed by atoms with van der Waals surface area (Å²) >= 11 is 0. The summed E-state index contributed by atoms with van der Waals surface area (Å²) in [5, 5.41) is 50.0. The zero-order valence-electron chi connectivity index (χ0n) is 14.3. The first-order valence-corrected chi connectivity index (χ1v) is 8.26. The van der Waals surface area contributed by atoms with Crippen LogP contribution in [0.2, 0.25) is 0 Å². The predicted octanol–water partition coefficient (Wildman–Crippen LogP) is -4.56. The van der Waals surface area contributed by atoms with E-state index in [2.05, 4.69) is 0 Å². The fourth-order valence-corrected chi connectivity index (χ4v) is 3.77. The van der Waals surface area contributed by atoms with Crippen LogP contribution in [-0.2, 0) is 19.9 Å². The SMILES string of the molecule is CO[C@@H]1[C@H](O)[C@@H](CO)O[C@@]1(C1O[C@H](CO)[C@H](O)[C@H]1O)n1ccc(=O)[nH]c1=O. The zero-order chi connectivity index (χ0) is 19.9. The van der Waals surface area contributed by atoms with Crippen molar-refractivity contribution in [3.63, 3.8) is 0 Å². The fourth-order valence-electron chi connectivity index (χ4n) is 3.77.